The number of methoxy groups -OCH3 is 4. The van der Waals surface area contributed by atoms with E-state index in [0.717, 1.165) is 22.8 Å². The highest BCUT2D eigenvalue weighted by atomic mass is 16.7. The molecule has 0 radical (unpaired) electrons. The monoisotopic (exact) mass is 500 g/mol. The van der Waals surface area contributed by atoms with Crippen molar-refractivity contribution in [1.82, 2.24) is 4.98 Å². The van der Waals surface area contributed by atoms with Gasteiger partial charge < -0.3 is 23.8 Å². The molecule has 0 N–H and O–H groups in total. The zero-order valence-electron chi connectivity index (χ0n) is 21.4. The van der Waals surface area contributed by atoms with Crippen molar-refractivity contribution in [3.63, 3.8) is 0 Å². The summed E-state index contributed by atoms with van der Waals surface area (Å²) < 4.78 is 21.8. The summed E-state index contributed by atoms with van der Waals surface area (Å²) in [6.07, 6.45) is 2.53. The van der Waals surface area contributed by atoms with Gasteiger partial charge in [0.15, 0.2) is 23.0 Å². The molecule has 0 saturated carbocycles. The van der Waals surface area contributed by atoms with Gasteiger partial charge in [0.25, 0.3) is 0 Å². The van der Waals surface area contributed by atoms with E-state index in [-0.39, 0.29) is 0 Å². The lowest BCUT2D eigenvalue weighted by Crippen LogP contribution is -2.11. The van der Waals surface area contributed by atoms with Crippen molar-refractivity contribution in [2.24, 2.45) is 5.16 Å². The Kier molecular flexibility index (Phi) is 7.88. The number of carbonyl (C=O) groups is 1. The molecule has 0 aliphatic heterocycles. The van der Waals surface area contributed by atoms with Gasteiger partial charge in [0.2, 0.25) is 0 Å². The summed E-state index contributed by atoms with van der Waals surface area (Å²) in [5.74, 6) is 1.58. The molecule has 190 valence electrons. The van der Waals surface area contributed by atoms with E-state index in [9.17, 15) is 4.79 Å². The normalized spacial score (nSPS) is 11.2. The number of rotatable bonds is 9. The van der Waals surface area contributed by atoms with Crippen LogP contribution in [0, 0.1) is 0 Å². The summed E-state index contributed by atoms with van der Waals surface area (Å²) >= 11 is 0. The SMILES string of the molecule is CCc1ccc(C(=O)ON=C(c2ccc(OC)c(OC)c2)c2nccc3cc(OC)c(OC)cc23)cc1. The Balaban J connectivity index is 1.86. The minimum atomic E-state index is -0.583. The molecule has 0 spiro atoms. The van der Waals surface area contributed by atoms with E-state index in [1.165, 1.54) is 0 Å². The number of oxime groups is 1. The molecule has 1 heterocycles. The number of hydrogen-bond acceptors (Lipinski definition) is 8. The Morgan fingerprint density at radius 3 is 2.03 bits per heavy atom. The lowest BCUT2D eigenvalue weighted by atomic mass is 10.0. The van der Waals surface area contributed by atoms with Crippen molar-refractivity contribution in [1.29, 1.82) is 0 Å². The quantitative estimate of drug-likeness (QED) is 0.172. The molecule has 0 fully saturated rings. The molecular weight excluding hydrogens is 472 g/mol. The number of aryl methyl sites for hydroxylation is 1. The molecule has 0 amide bonds. The van der Waals surface area contributed by atoms with Crippen LogP contribution in [0.15, 0.2) is 72.0 Å². The minimum absolute atomic E-state index is 0.331. The number of carbonyl (C=O) groups excluding carboxylic acids is 1. The molecule has 0 atom stereocenters. The third kappa shape index (κ3) is 5.33. The molecule has 37 heavy (non-hydrogen) atoms. The molecule has 8 heteroatoms. The van der Waals surface area contributed by atoms with Crippen molar-refractivity contribution in [2.45, 2.75) is 13.3 Å². The van der Waals surface area contributed by atoms with Crippen molar-refractivity contribution in [3.8, 4) is 23.0 Å². The van der Waals surface area contributed by atoms with Crippen molar-refractivity contribution in [2.75, 3.05) is 28.4 Å². The predicted octanol–water partition coefficient (Wildman–Crippen LogP) is 5.44. The van der Waals surface area contributed by atoms with Crippen LogP contribution in [-0.4, -0.2) is 45.1 Å². The number of fused-ring (bicyclic) bond motifs is 1. The van der Waals surface area contributed by atoms with Gasteiger partial charge in [0, 0.05) is 17.1 Å². The highest BCUT2D eigenvalue weighted by molar-refractivity contribution is 6.18. The van der Waals surface area contributed by atoms with Crippen molar-refractivity contribution < 1.29 is 28.6 Å². The van der Waals surface area contributed by atoms with Gasteiger partial charge in [-0.1, -0.05) is 24.2 Å². The number of ether oxygens (including phenoxy) is 4. The summed E-state index contributed by atoms with van der Waals surface area (Å²) in [6, 6.07) is 18.1. The van der Waals surface area contributed by atoms with Crippen molar-refractivity contribution >= 4 is 22.5 Å². The fourth-order valence-corrected chi connectivity index (χ4v) is 3.92. The zero-order chi connectivity index (χ0) is 26.4. The number of pyridine rings is 1. The Morgan fingerprint density at radius 2 is 1.38 bits per heavy atom. The van der Waals surface area contributed by atoms with Crippen LogP contribution in [-0.2, 0) is 11.3 Å². The minimum Gasteiger partial charge on any atom is -0.493 e. The Morgan fingerprint density at radius 1 is 0.757 bits per heavy atom. The maximum absolute atomic E-state index is 12.9. The van der Waals surface area contributed by atoms with Crippen LogP contribution in [0.25, 0.3) is 10.8 Å². The molecule has 0 bridgehead atoms. The van der Waals surface area contributed by atoms with Crippen LogP contribution >= 0.6 is 0 Å². The summed E-state index contributed by atoms with van der Waals surface area (Å²) in [5, 5.41) is 5.88. The average molecular weight is 501 g/mol. The second-order valence-corrected chi connectivity index (χ2v) is 8.03. The van der Waals surface area contributed by atoms with Crippen LogP contribution in [0.5, 0.6) is 23.0 Å². The summed E-state index contributed by atoms with van der Waals surface area (Å²) in [7, 11) is 6.25. The summed E-state index contributed by atoms with van der Waals surface area (Å²) in [4.78, 5) is 22.9. The highest BCUT2D eigenvalue weighted by Crippen LogP contribution is 2.35. The van der Waals surface area contributed by atoms with Crippen molar-refractivity contribution in [3.05, 3.63) is 89.2 Å². The zero-order valence-corrected chi connectivity index (χ0v) is 21.4. The Bertz CT molecular complexity index is 1450. The van der Waals surface area contributed by atoms with Gasteiger partial charge in [0.1, 0.15) is 11.4 Å². The first-order valence-electron chi connectivity index (χ1n) is 11.6. The second-order valence-electron chi connectivity index (χ2n) is 8.03. The van der Waals surface area contributed by atoms with Crippen LogP contribution in [0.4, 0.5) is 0 Å². The molecule has 0 aliphatic carbocycles. The molecule has 4 rings (SSSR count). The van der Waals surface area contributed by atoms with Crippen LogP contribution < -0.4 is 18.9 Å². The lowest BCUT2D eigenvalue weighted by Gasteiger charge is -2.14. The fraction of sp³-hybridized carbons (Fsp3) is 0.207. The van der Waals surface area contributed by atoms with Crippen LogP contribution in [0.2, 0.25) is 0 Å². The highest BCUT2D eigenvalue weighted by Gasteiger charge is 2.19. The van der Waals surface area contributed by atoms with E-state index in [4.69, 9.17) is 23.8 Å². The number of nitrogens with zero attached hydrogens (tertiary/aromatic N) is 2. The average Bonchev–Trinajstić information content (AvgIpc) is 2.96. The van der Waals surface area contributed by atoms with E-state index in [0.29, 0.717) is 45.5 Å². The number of hydrogen-bond donors (Lipinski definition) is 0. The first-order chi connectivity index (χ1) is 18.0. The Hall–Kier alpha value is -4.59. The van der Waals surface area contributed by atoms with Crippen LogP contribution in [0.3, 0.4) is 0 Å². The van der Waals surface area contributed by atoms with E-state index in [1.807, 2.05) is 30.3 Å². The van der Waals surface area contributed by atoms with Crippen LogP contribution in [0.1, 0.15) is 34.1 Å². The topological polar surface area (TPSA) is 88.5 Å². The summed E-state index contributed by atoms with van der Waals surface area (Å²) in [6.45, 7) is 2.05. The summed E-state index contributed by atoms with van der Waals surface area (Å²) in [5.41, 5.74) is 2.94. The maximum atomic E-state index is 12.9. The number of benzene rings is 3. The maximum Gasteiger partial charge on any atom is 0.365 e. The molecule has 1 aromatic heterocycles. The van der Waals surface area contributed by atoms with E-state index >= 15 is 0 Å². The third-order valence-electron chi connectivity index (χ3n) is 5.97. The molecule has 4 aromatic rings. The second kappa shape index (κ2) is 11.4. The predicted molar refractivity (Wildman–Crippen MR) is 141 cm³/mol. The lowest BCUT2D eigenvalue weighted by molar-refractivity contribution is 0.0517. The van der Waals surface area contributed by atoms with E-state index in [2.05, 4.69) is 17.1 Å². The molecule has 0 aliphatic rings. The standard InChI is InChI=1S/C29H28N2O6/c1-6-18-7-9-19(10-8-18)29(32)37-31-27(21-11-12-23(33-2)24(16-21)34-3)28-22-17-26(36-5)25(35-4)15-20(22)13-14-30-28/h7-17H,6H2,1-5H3. The van der Waals surface area contributed by atoms with Gasteiger partial charge in [0.05, 0.1) is 34.0 Å². The third-order valence-corrected chi connectivity index (χ3v) is 5.97. The fourth-order valence-electron chi connectivity index (χ4n) is 3.92. The van der Waals surface area contributed by atoms with E-state index in [1.54, 1.807) is 65.0 Å². The Labute approximate surface area is 215 Å². The van der Waals surface area contributed by atoms with Gasteiger partial charge >= 0.3 is 5.97 Å². The first-order valence-corrected chi connectivity index (χ1v) is 11.6. The van der Waals surface area contributed by atoms with Gasteiger partial charge in [-0.15, -0.1) is 0 Å². The van der Waals surface area contributed by atoms with Gasteiger partial charge in [-0.25, -0.2) is 4.79 Å². The van der Waals surface area contributed by atoms with Gasteiger partial charge in [-0.2, -0.15) is 0 Å². The van der Waals surface area contributed by atoms with Gasteiger partial charge in [-0.05, 0) is 65.9 Å². The molecule has 0 saturated heterocycles. The van der Waals surface area contributed by atoms with Gasteiger partial charge in [-0.3, -0.25) is 4.98 Å². The number of aromatic nitrogens is 1. The smallest absolute Gasteiger partial charge is 0.365 e. The first kappa shape index (κ1) is 25.5. The van der Waals surface area contributed by atoms with E-state index < -0.39 is 5.97 Å². The molecule has 0 unspecified atom stereocenters. The molecular formula is C29H28N2O6. The molecule has 8 nitrogen and oxygen atoms in total. The largest absolute Gasteiger partial charge is 0.493 e. The molecule has 3 aromatic carbocycles.